The predicted octanol–water partition coefficient (Wildman–Crippen LogP) is 2.76. The summed E-state index contributed by atoms with van der Waals surface area (Å²) in [5.74, 6) is 1.48. The molecule has 1 aromatic carbocycles. The van der Waals surface area contributed by atoms with E-state index in [1.54, 1.807) is 24.3 Å². The van der Waals surface area contributed by atoms with Crippen molar-refractivity contribution in [2.75, 3.05) is 12.3 Å². The van der Waals surface area contributed by atoms with E-state index in [0.717, 1.165) is 12.3 Å². The Labute approximate surface area is 121 Å². The van der Waals surface area contributed by atoms with Crippen molar-refractivity contribution >= 4 is 15.7 Å². The highest BCUT2D eigenvalue weighted by molar-refractivity contribution is 7.89. The Morgan fingerprint density at radius 3 is 2.50 bits per heavy atom. The zero-order valence-electron chi connectivity index (χ0n) is 12.0. The highest BCUT2D eigenvalue weighted by Crippen LogP contribution is 2.30. The van der Waals surface area contributed by atoms with Crippen molar-refractivity contribution in [3.63, 3.8) is 0 Å². The third-order valence-electron chi connectivity index (χ3n) is 4.19. The number of anilines is 1. The predicted molar refractivity (Wildman–Crippen MR) is 81.8 cm³/mol. The Hall–Kier alpha value is -1.07. The third kappa shape index (κ3) is 3.96. The van der Waals surface area contributed by atoms with Crippen LogP contribution in [-0.4, -0.2) is 15.0 Å². The van der Waals surface area contributed by atoms with Crippen LogP contribution in [0.4, 0.5) is 5.69 Å². The number of nitrogens with two attached hydrogens (primary N) is 1. The topological polar surface area (TPSA) is 72.2 Å². The average molecular weight is 296 g/mol. The molecule has 0 aliphatic heterocycles. The minimum Gasteiger partial charge on any atom is -0.398 e. The normalized spacial score (nSPS) is 23.6. The van der Waals surface area contributed by atoms with Gasteiger partial charge in [0.25, 0.3) is 0 Å². The summed E-state index contributed by atoms with van der Waals surface area (Å²) in [6.07, 6.45) is 5.89. The Balaban J connectivity index is 1.86. The number of hydrogen-bond acceptors (Lipinski definition) is 3. The van der Waals surface area contributed by atoms with Crippen LogP contribution in [-0.2, 0) is 10.0 Å². The van der Waals surface area contributed by atoms with Gasteiger partial charge in [0.1, 0.15) is 4.90 Å². The molecule has 1 aliphatic rings. The number of nitrogens with one attached hydrogen (secondary N) is 1. The molecule has 1 aromatic rings. The van der Waals surface area contributed by atoms with Gasteiger partial charge >= 0.3 is 0 Å². The summed E-state index contributed by atoms with van der Waals surface area (Å²) in [6.45, 7) is 2.78. The van der Waals surface area contributed by atoms with Crippen molar-refractivity contribution in [1.29, 1.82) is 0 Å². The molecule has 1 saturated carbocycles. The molecule has 0 spiro atoms. The van der Waals surface area contributed by atoms with E-state index in [4.69, 9.17) is 5.73 Å². The van der Waals surface area contributed by atoms with E-state index >= 15 is 0 Å². The van der Waals surface area contributed by atoms with E-state index < -0.39 is 10.0 Å². The molecule has 0 unspecified atom stereocenters. The molecular formula is C15H24N2O2S. The first kappa shape index (κ1) is 15.3. The second-order valence-corrected chi connectivity index (χ2v) is 7.59. The zero-order valence-corrected chi connectivity index (χ0v) is 12.8. The molecule has 1 aliphatic carbocycles. The van der Waals surface area contributed by atoms with Crippen LogP contribution in [0.3, 0.4) is 0 Å². The molecule has 4 nitrogen and oxygen atoms in total. The first-order valence-corrected chi connectivity index (χ1v) is 8.81. The lowest BCUT2D eigenvalue weighted by atomic mass is 9.81. The Bertz CT molecular complexity index is 535. The molecule has 0 atom stereocenters. The van der Waals surface area contributed by atoms with Gasteiger partial charge in [0, 0.05) is 6.54 Å². The van der Waals surface area contributed by atoms with Crippen LogP contribution >= 0.6 is 0 Å². The second-order valence-electron chi connectivity index (χ2n) is 5.85. The molecular weight excluding hydrogens is 272 g/mol. The fourth-order valence-electron chi connectivity index (χ4n) is 2.82. The number of rotatable bonds is 5. The molecule has 1 fully saturated rings. The van der Waals surface area contributed by atoms with Crippen molar-refractivity contribution in [2.45, 2.75) is 43.9 Å². The Morgan fingerprint density at radius 2 is 1.85 bits per heavy atom. The van der Waals surface area contributed by atoms with E-state index in [1.807, 2.05) is 0 Å². The van der Waals surface area contributed by atoms with Crippen LogP contribution in [0.2, 0.25) is 0 Å². The van der Waals surface area contributed by atoms with Gasteiger partial charge in [0.15, 0.2) is 0 Å². The minimum atomic E-state index is -3.48. The summed E-state index contributed by atoms with van der Waals surface area (Å²) < 4.78 is 27.0. The number of sulfonamides is 1. The number of para-hydroxylation sites is 1. The lowest BCUT2D eigenvalue weighted by Crippen LogP contribution is -2.27. The van der Waals surface area contributed by atoms with Gasteiger partial charge in [-0.05, 0) is 30.4 Å². The molecule has 2 rings (SSSR count). The molecule has 0 radical (unpaired) electrons. The standard InChI is InChI=1S/C15H24N2O2S/c1-12-6-8-13(9-7-12)10-11-17-20(18,19)15-5-3-2-4-14(15)16/h2-5,12-13,17H,6-11,16H2,1H3. The summed E-state index contributed by atoms with van der Waals surface area (Å²) in [5.41, 5.74) is 6.01. The largest absolute Gasteiger partial charge is 0.398 e. The van der Waals surface area contributed by atoms with Gasteiger partial charge in [0.05, 0.1) is 5.69 Å². The lowest BCUT2D eigenvalue weighted by molar-refractivity contribution is 0.278. The molecule has 0 saturated heterocycles. The average Bonchev–Trinajstić information content (AvgIpc) is 2.41. The van der Waals surface area contributed by atoms with E-state index in [0.29, 0.717) is 18.2 Å². The van der Waals surface area contributed by atoms with Crippen LogP contribution in [0, 0.1) is 11.8 Å². The van der Waals surface area contributed by atoms with Crippen LogP contribution in [0.15, 0.2) is 29.2 Å². The monoisotopic (exact) mass is 296 g/mol. The number of benzene rings is 1. The highest BCUT2D eigenvalue weighted by Gasteiger charge is 2.20. The quantitative estimate of drug-likeness (QED) is 0.821. The molecule has 0 aromatic heterocycles. The third-order valence-corrected chi connectivity index (χ3v) is 5.72. The van der Waals surface area contributed by atoms with Crippen molar-refractivity contribution in [1.82, 2.24) is 4.72 Å². The van der Waals surface area contributed by atoms with Crippen molar-refractivity contribution in [3.8, 4) is 0 Å². The van der Waals surface area contributed by atoms with Gasteiger partial charge in [-0.15, -0.1) is 0 Å². The first-order valence-electron chi connectivity index (χ1n) is 7.33. The fourth-order valence-corrected chi connectivity index (χ4v) is 4.00. The van der Waals surface area contributed by atoms with Gasteiger partial charge in [-0.1, -0.05) is 44.7 Å². The maximum absolute atomic E-state index is 12.2. The maximum atomic E-state index is 12.2. The summed E-state index contributed by atoms with van der Waals surface area (Å²) in [5, 5.41) is 0. The molecule has 20 heavy (non-hydrogen) atoms. The smallest absolute Gasteiger partial charge is 0.242 e. The van der Waals surface area contributed by atoms with Crippen molar-refractivity contribution < 1.29 is 8.42 Å². The maximum Gasteiger partial charge on any atom is 0.242 e. The van der Waals surface area contributed by atoms with Gasteiger partial charge in [0.2, 0.25) is 10.0 Å². The fraction of sp³-hybridized carbons (Fsp3) is 0.600. The van der Waals surface area contributed by atoms with E-state index in [2.05, 4.69) is 11.6 Å². The van der Waals surface area contributed by atoms with Crippen molar-refractivity contribution in [2.24, 2.45) is 11.8 Å². The molecule has 0 bridgehead atoms. The van der Waals surface area contributed by atoms with E-state index in [-0.39, 0.29) is 4.90 Å². The molecule has 0 heterocycles. The SMILES string of the molecule is CC1CCC(CCNS(=O)(=O)c2ccccc2N)CC1. The van der Waals surface area contributed by atoms with Crippen molar-refractivity contribution in [3.05, 3.63) is 24.3 Å². The number of hydrogen-bond donors (Lipinski definition) is 2. The van der Waals surface area contributed by atoms with Crippen LogP contribution in [0.25, 0.3) is 0 Å². The van der Waals surface area contributed by atoms with Gasteiger partial charge in [-0.25, -0.2) is 13.1 Å². The van der Waals surface area contributed by atoms with E-state index in [1.165, 1.54) is 25.7 Å². The van der Waals surface area contributed by atoms with Gasteiger partial charge in [-0.3, -0.25) is 0 Å². The first-order chi connectivity index (χ1) is 9.49. The summed E-state index contributed by atoms with van der Waals surface area (Å²) in [4.78, 5) is 0.178. The summed E-state index contributed by atoms with van der Waals surface area (Å²) in [7, 11) is -3.48. The van der Waals surface area contributed by atoms with Gasteiger partial charge in [-0.2, -0.15) is 0 Å². The Morgan fingerprint density at radius 1 is 1.20 bits per heavy atom. The zero-order chi connectivity index (χ0) is 14.6. The summed E-state index contributed by atoms with van der Waals surface area (Å²) >= 11 is 0. The second kappa shape index (κ2) is 6.59. The molecule has 3 N–H and O–H groups in total. The molecule has 5 heteroatoms. The van der Waals surface area contributed by atoms with E-state index in [9.17, 15) is 8.42 Å². The lowest BCUT2D eigenvalue weighted by Gasteiger charge is -2.26. The van der Waals surface area contributed by atoms with Crippen LogP contribution < -0.4 is 10.5 Å². The van der Waals surface area contributed by atoms with Crippen LogP contribution in [0.1, 0.15) is 39.0 Å². The van der Waals surface area contributed by atoms with Crippen LogP contribution in [0.5, 0.6) is 0 Å². The molecule has 112 valence electrons. The molecule has 0 amide bonds. The summed E-state index contributed by atoms with van der Waals surface area (Å²) in [6, 6.07) is 6.57. The highest BCUT2D eigenvalue weighted by atomic mass is 32.2. The van der Waals surface area contributed by atoms with Gasteiger partial charge < -0.3 is 5.73 Å². The Kier molecular flexibility index (Phi) is 5.05. The number of nitrogen functional groups attached to an aromatic ring is 1. The minimum absolute atomic E-state index is 0.178.